The first-order valence-electron chi connectivity index (χ1n) is 7.29. The first kappa shape index (κ1) is 14.0. The molecule has 1 aromatic carbocycles. The number of hydrogen-bond acceptors (Lipinski definition) is 5. The normalized spacial score (nSPS) is 10.8. The van der Waals surface area contributed by atoms with Gasteiger partial charge >= 0.3 is 0 Å². The third-order valence-electron chi connectivity index (χ3n) is 3.61. The highest BCUT2D eigenvalue weighted by Crippen LogP contribution is 2.22. The van der Waals surface area contributed by atoms with Gasteiger partial charge in [-0.1, -0.05) is 18.2 Å². The Hall–Kier alpha value is -3.61. The quantitative estimate of drug-likeness (QED) is 0.445. The second kappa shape index (κ2) is 5.54. The van der Waals surface area contributed by atoms with E-state index in [1.54, 1.807) is 18.7 Å². The SMILES string of the molecule is N=C(N)c1nc(-c2cccnc2)nc2c1ncn2-c1ccccc1. The number of nitrogen functional groups attached to an aromatic ring is 1. The molecule has 4 aromatic rings. The smallest absolute Gasteiger partial charge is 0.169 e. The van der Waals surface area contributed by atoms with E-state index in [1.165, 1.54) is 0 Å². The van der Waals surface area contributed by atoms with Gasteiger partial charge in [-0.3, -0.25) is 15.0 Å². The summed E-state index contributed by atoms with van der Waals surface area (Å²) in [4.78, 5) is 17.5. The van der Waals surface area contributed by atoms with Gasteiger partial charge in [-0.05, 0) is 24.3 Å². The molecule has 0 spiro atoms. The molecule has 0 aliphatic heterocycles. The maximum absolute atomic E-state index is 7.81. The predicted octanol–water partition coefficient (Wildman–Crippen LogP) is 2.16. The first-order valence-corrected chi connectivity index (χ1v) is 7.29. The number of rotatable bonds is 3. The molecule has 0 bridgehead atoms. The van der Waals surface area contributed by atoms with Crippen LogP contribution in [0.25, 0.3) is 28.2 Å². The number of aromatic nitrogens is 5. The van der Waals surface area contributed by atoms with Crippen LogP contribution in [0.4, 0.5) is 0 Å². The van der Waals surface area contributed by atoms with Crippen molar-refractivity contribution < 1.29 is 0 Å². The number of amidine groups is 1. The van der Waals surface area contributed by atoms with Crippen molar-refractivity contribution in [3.05, 3.63) is 66.9 Å². The molecule has 0 unspecified atom stereocenters. The molecule has 24 heavy (non-hydrogen) atoms. The van der Waals surface area contributed by atoms with Crippen molar-refractivity contribution in [1.29, 1.82) is 5.41 Å². The largest absolute Gasteiger partial charge is 0.382 e. The summed E-state index contributed by atoms with van der Waals surface area (Å²) in [6.45, 7) is 0. The van der Waals surface area contributed by atoms with Crippen LogP contribution in [0.15, 0.2) is 61.2 Å². The Kier molecular flexibility index (Phi) is 3.24. The van der Waals surface area contributed by atoms with Crippen LogP contribution in [-0.4, -0.2) is 30.3 Å². The fraction of sp³-hybridized carbons (Fsp3) is 0. The van der Waals surface area contributed by atoms with Crippen LogP contribution in [0.5, 0.6) is 0 Å². The van der Waals surface area contributed by atoms with Crippen LogP contribution < -0.4 is 5.73 Å². The van der Waals surface area contributed by atoms with E-state index < -0.39 is 0 Å². The molecule has 3 aromatic heterocycles. The summed E-state index contributed by atoms with van der Waals surface area (Å²) >= 11 is 0. The van der Waals surface area contributed by atoms with E-state index in [1.807, 2.05) is 47.0 Å². The Morgan fingerprint density at radius 2 is 1.88 bits per heavy atom. The molecule has 7 heteroatoms. The Balaban J connectivity index is 2.02. The van der Waals surface area contributed by atoms with Gasteiger partial charge in [0.05, 0.1) is 0 Å². The van der Waals surface area contributed by atoms with Gasteiger partial charge in [-0.15, -0.1) is 0 Å². The zero-order valence-corrected chi connectivity index (χ0v) is 12.6. The van der Waals surface area contributed by atoms with E-state index in [4.69, 9.17) is 11.1 Å². The maximum atomic E-state index is 7.81. The van der Waals surface area contributed by atoms with E-state index in [0.717, 1.165) is 11.3 Å². The third-order valence-corrected chi connectivity index (χ3v) is 3.61. The lowest BCUT2D eigenvalue weighted by atomic mass is 10.2. The number of nitrogens with zero attached hydrogens (tertiary/aromatic N) is 5. The van der Waals surface area contributed by atoms with Crippen LogP contribution >= 0.6 is 0 Å². The standard InChI is InChI=1S/C17H13N7/c18-15(19)13-14-17(23-16(22-13)11-5-4-8-20-9-11)24(10-21-14)12-6-2-1-3-7-12/h1-10H,(H3,18,19). The Morgan fingerprint density at radius 1 is 1.04 bits per heavy atom. The van der Waals surface area contributed by atoms with Gasteiger partial charge < -0.3 is 5.73 Å². The molecule has 0 saturated carbocycles. The van der Waals surface area contributed by atoms with Crippen molar-refractivity contribution in [2.45, 2.75) is 0 Å². The summed E-state index contributed by atoms with van der Waals surface area (Å²) in [5, 5.41) is 7.81. The fourth-order valence-corrected chi connectivity index (χ4v) is 2.49. The molecule has 0 amide bonds. The average Bonchev–Trinajstić information content (AvgIpc) is 3.06. The number of hydrogen-bond donors (Lipinski definition) is 2. The Morgan fingerprint density at radius 3 is 2.58 bits per heavy atom. The molecule has 116 valence electrons. The van der Waals surface area contributed by atoms with E-state index in [9.17, 15) is 0 Å². The van der Waals surface area contributed by atoms with Gasteiger partial charge in [0.25, 0.3) is 0 Å². The van der Waals surface area contributed by atoms with Gasteiger partial charge in [-0.25, -0.2) is 15.0 Å². The first-order chi connectivity index (χ1) is 11.7. The van der Waals surface area contributed by atoms with Gasteiger partial charge in [0, 0.05) is 23.6 Å². The fourth-order valence-electron chi connectivity index (χ4n) is 2.49. The summed E-state index contributed by atoms with van der Waals surface area (Å²) in [5.74, 6) is 0.310. The minimum atomic E-state index is -0.147. The minimum absolute atomic E-state index is 0.147. The van der Waals surface area contributed by atoms with E-state index in [-0.39, 0.29) is 5.84 Å². The molecular formula is C17H13N7. The van der Waals surface area contributed by atoms with Gasteiger partial charge in [-0.2, -0.15) is 0 Å². The number of nitrogens with two attached hydrogens (primary N) is 1. The van der Waals surface area contributed by atoms with Crippen LogP contribution in [0.3, 0.4) is 0 Å². The number of nitrogens with one attached hydrogen (secondary N) is 1. The topological polar surface area (TPSA) is 106 Å². The van der Waals surface area contributed by atoms with Gasteiger partial charge in [0.2, 0.25) is 0 Å². The molecular weight excluding hydrogens is 302 g/mol. The number of pyridine rings is 1. The van der Waals surface area contributed by atoms with Crippen molar-refractivity contribution in [2.75, 3.05) is 0 Å². The Bertz CT molecular complexity index is 1020. The second-order valence-corrected chi connectivity index (χ2v) is 5.17. The zero-order chi connectivity index (χ0) is 16.5. The molecule has 0 atom stereocenters. The third kappa shape index (κ3) is 2.28. The molecule has 3 N–H and O–H groups in total. The molecule has 0 fully saturated rings. The zero-order valence-electron chi connectivity index (χ0n) is 12.6. The number of benzene rings is 1. The highest BCUT2D eigenvalue weighted by atomic mass is 15.1. The summed E-state index contributed by atoms with van der Waals surface area (Å²) in [5.41, 5.74) is 8.79. The van der Waals surface area contributed by atoms with Crippen LogP contribution in [0, 0.1) is 5.41 Å². The maximum Gasteiger partial charge on any atom is 0.169 e. The predicted molar refractivity (Wildman–Crippen MR) is 90.9 cm³/mol. The molecule has 0 saturated heterocycles. The second-order valence-electron chi connectivity index (χ2n) is 5.17. The summed E-state index contributed by atoms with van der Waals surface area (Å²) in [6.07, 6.45) is 5.02. The molecule has 4 rings (SSSR count). The van der Waals surface area contributed by atoms with Gasteiger partial charge in [0.15, 0.2) is 11.5 Å². The highest BCUT2D eigenvalue weighted by Gasteiger charge is 2.16. The van der Waals surface area contributed by atoms with E-state index in [2.05, 4.69) is 19.9 Å². The van der Waals surface area contributed by atoms with Gasteiger partial charge in [0.1, 0.15) is 23.4 Å². The lowest BCUT2D eigenvalue weighted by Crippen LogP contribution is -2.15. The molecule has 0 aliphatic rings. The van der Waals surface area contributed by atoms with E-state index in [0.29, 0.717) is 22.7 Å². The van der Waals surface area contributed by atoms with Crippen molar-refractivity contribution in [1.82, 2.24) is 24.5 Å². The molecule has 7 nitrogen and oxygen atoms in total. The van der Waals surface area contributed by atoms with Crippen molar-refractivity contribution in [3.8, 4) is 17.1 Å². The molecule has 3 heterocycles. The van der Waals surface area contributed by atoms with Crippen LogP contribution in [0.2, 0.25) is 0 Å². The summed E-state index contributed by atoms with van der Waals surface area (Å²) in [6, 6.07) is 13.4. The van der Waals surface area contributed by atoms with Crippen LogP contribution in [-0.2, 0) is 0 Å². The van der Waals surface area contributed by atoms with Crippen molar-refractivity contribution >= 4 is 17.0 Å². The lowest BCUT2D eigenvalue weighted by Gasteiger charge is -2.07. The minimum Gasteiger partial charge on any atom is -0.382 e. The summed E-state index contributed by atoms with van der Waals surface area (Å²) in [7, 11) is 0. The average molecular weight is 315 g/mol. The number of imidazole rings is 1. The number of fused-ring (bicyclic) bond motifs is 1. The lowest BCUT2D eigenvalue weighted by molar-refractivity contribution is 1.06. The van der Waals surface area contributed by atoms with Crippen molar-refractivity contribution in [2.24, 2.45) is 5.73 Å². The van der Waals surface area contributed by atoms with E-state index >= 15 is 0 Å². The Labute approximate surface area is 137 Å². The monoisotopic (exact) mass is 315 g/mol. The molecule has 0 aliphatic carbocycles. The highest BCUT2D eigenvalue weighted by molar-refractivity contribution is 6.03. The van der Waals surface area contributed by atoms with Crippen LogP contribution in [0.1, 0.15) is 5.69 Å². The molecule has 0 radical (unpaired) electrons. The number of para-hydroxylation sites is 1. The summed E-state index contributed by atoms with van der Waals surface area (Å²) < 4.78 is 1.85. The van der Waals surface area contributed by atoms with Crippen molar-refractivity contribution in [3.63, 3.8) is 0 Å².